The quantitative estimate of drug-likeness (QED) is 0.0477. The molecule has 2 aliphatic carbocycles. The number of epoxide rings is 2. The number of ether oxygens (including phenoxy) is 6. The Morgan fingerprint density at radius 3 is 1.08 bits per heavy atom. The highest BCUT2D eigenvalue weighted by Crippen LogP contribution is 2.53. The zero-order valence-electron chi connectivity index (χ0n) is 49.7. The molecule has 7 heteroatoms. The van der Waals surface area contributed by atoms with Crippen molar-refractivity contribution in [1.82, 2.24) is 0 Å². The van der Waals surface area contributed by atoms with Crippen molar-refractivity contribution in [3.63, 3.8) is 0 Å². The van der Waals surface area contributed by atoms with E-state index in [-0.39, 0.29) is 25.4 Å². The van der Waals surface area contributed by atoms with Crippen molar-refractivity contribution in [2.75, 3.05) is 39.6 Å². The van der Waals surface area contributed by atoms with Crippen molar-refractivity contribution >= 4 is 0 Å². The zero-order valence-corrected chi connectivity index (χ0v) is 49.7. The second-order valence-corrected chi connectivity index (χ2v) is 25.2. The number of rotatable bonds is 24. The third kappa shape index (κ3) is 12.6. The number of hydrogen-bond acceptors (Lipinski definition) is 7. The minimum Gasteiger partial charge on any atom is -0.491 e. The molecule has 8 aromatic carbocycles. The molecule has 0 radical (unpaired) electrons. The number of benzene rings is 8. The van der Waals surface area contributed by atoms with Crippen molar-refractivity contribution in [2.24, 2.45) is 11.8 Å². The summed E-state index contributed by atoms with van der Waals surface area (Å²) in [5.74, 6) is 2.35. The van der Waals surface area contributed by atoms with Crippen molar-refractivity contribution in [3.05, 3.63) is 251 Å². The Balaban J connectivity index is 0.778. The van der Waals surface area contributed by atoms with E-state index in [4.69, 9.17) is 28.4 Å². The smallest absolute Gasteiger partial charge is 0.119 e. The molecule has 5 atom stereocenters. The second kappa shape index (κ2) is 25.4. The SMILES string of the molecule is CC(C)(OCC(O)COc1ccc(C(c2ccc(-c3ccccc3)cc2)(c2ccc(C(C)(C)OCC3CO3)cc2)C2CCCCC2)cc1)c1ccc(C(c2ccc(OCC3CO3)cc2)(c2ccc(-c3ccccc3)cc2)C2CCCCC2)cc1. The molecule has 4 fully saturated rings. The minimum absolute atomic E-state index is 0.0976. The van der Waals surface area contributed by atoms with Crippen LogP contribution in [0.5, 0.6) is 11.5 Å². The summed E-state index contributed by atoms with van der Waals surface area (Å²) in [4.78, 5) is 0. The lowest BCUT2D eigenvalue weighted by Crippen LogP contribution is -2.39. The van der Waals surface area contributed by atoms with Crippen LogP contribution < -0.4 is 9.47 Å². The molecule has 1 N–H and O–H groups in total. The molecule has 434 valence electrons. The van der Waals surface area contributed by atoms with E-state index in [1.165, 1.54) is 94.2 Å². The maximum Gasteiger partial charge on any atom is 0.119 e. The molecule has 8 aromatic rings. The van der Waals surface area contributed by atoms with Gasteiger partial charge in [-0.25, -0.2) is 0 Å². The average Bonchev–Trinajstić information content (AvgIpc) is 1.63. The van der Waals surface area contributed by atoms with E-state index in [9.17, 15) is 5.11 Å². The lowest BCUT2D eigenvalue weighted by Gasteiger charge is -2.45. The van der Waals surface area contributed by atoms with Crippen LogP contribution in [0.4, 0.5) is 0 Å². The van der Waals surface area contributed by atoms with Gasteiger partial charge in [0.05, 0.1) is 37.6 Å². The average molecular weight is 1120 g/mol. The van der Waals surface area contributed by atoms with Gasteiger partial charge in [-0.3, -0.25) is 0 Å². The van der Waals surface area contributed by atoms with Crippen LogP contribution in [0.15, 0.2) is 206 Å². The molecule has 2 saturated carbocycles. The highest BCUT2D eigenvalue weighted by Gasteiger charge is 2.46. The Morgan fingerprint density at radius 1 is 0.369 bits per heavy atom. The Kier molecular flexibility index (Phi) is 17.4. The van der Waals surface area contributed by atoms with Crippen molar-refractivity contribution in [2.45, 2.75) is 132 Å². The fourth-order valence-electron chi connectivity index (χ4n) is 14.0. The van der Waals surface area contributed by atoms with Crippen LogP contribution in [0.25, 0.3) is 22.3 Å². The van der Waals surface area contributed by atoms with E-state index in [0.29, 0.717) is 30.8 Å². The topological polar surface area (TPSA) is 82.2 Å². The van der Waals surface area contributed by atoms with Crippen LogP contribution in [-0.4, -0.2) is 63.1 Å². The molecule has 0 amide bonds. The van der Waals surface area contributed by atoms with Gasteiger partial charge in [-0.2, -0.15) is 0 Å². The summed E-state index contributed by atoms with van der Waals surface area (Å²) in [6.07, 6.45) is 11.4. The van der Waals surface area contributed by atoms with Crippen LogP contribution in [-0.2, 0) is 41.0 Å². The zero-order chi connectivity index (χ0) is 57.6. The lowest BCUT2D eigenvalue weighted by molar-refractivity contribution is -0.0717. The van der Waals surface area contributed by atoms with Gasteiger partial charge in [0.25, 0.3) is 0 Å². The summed E-state index contributed by atoms with van der Waals surface area (Å²) >= 11 is 0. The molecule has 0 bridgehead atoms. The molecule has 5 unspecified atom stereocenters. The van der Waals surface area contributed by atoms with Gasteiger partial charge in [0.15, 0.2) is 0 Å². The molecular formula is C77H84O7. The number of aliphatic hydroxyl groups excluding tert-OH is 1. The minimum atomic E-state index is -0.849. The largest absolute Gasteiger partial charge is 0.491 e. The Bertz CT molecular complexity index is 3340. The first-order valence-electron chi connectivity index (χ1n) is 31.2. The molecule has 0 aromatic heterocycles. The molecule has 2 heterocycles. The van der Waals surface area contributed by atoms with Gasteiger partial charge >= 0.3 is 0 Å². The molecular weight excluding hydrogens is 1040 g/mol. The highest BCUT2D eigenvalue weighted by atomic mass is 16.6. The van der Waals surface area contributed by atoms with E-state index in [0.717, 1.165) is 55.8 Å². The van der Waals surface area contributed by atoms with E-state index < -0.39 is 28.1 Å². The molecule has 2 aliphatic heterocycles. The maximum absolute atomic E-state index is 11.6. The number of aliphatic hydroxyl groups is 1. The standard InChI is InChI=1S/C77H84O7/c1-74(2,59-33-37-65(38-34-59)77(62-23-15-8-16-24-62,68-43-47-71(48-44-68)80-51-72-52-81-72)64-31-27-58(28-32-64)56-19-11-6-12-20-56)83-50-69(78)49-79-70-45-41-67(42-46-70)76(61-21-13-7-14-22-61,63-29-25-57(26-30-63)55-17-9-5-10-18-55)66-39-35-60(36-40-66)75(3,4)84-54-73-53-82-73/h5-6,9-12,17-20,25-48,61-62,69,72-73,78H,7-8,13-16,21-24,49-54H2,1-4H3. The monoisotopic (exact) mass is 1120 g/mol. The Hall–Kier alpha value is -6.84. The van der Waals surface area contributed by atoms with E-state index in [1.807, 2.05) is 0 Å². The summed E-state index contributed by atoms with van der Waals surface area (Å²) < 4.78 is 36.6. The summed E-state index contributed by atoms with van der Waals surface area (Å²) in [5, 5.41) is 11.6. The van der Waals surface area contributed by atoms with Crippen molar-refractivity contribution in [1.29, 1.82) is 0 Å². The normalized spacial score (nSPS) is 19.4. The molecule has 4 aliphatic rings. The van der Waals surface area contributed by atoms with Gasteiger partial charge in [0.1, 0.15) is 43.0 Å². The third-order valence-corrected chi connectivity index (χ3v) is 19.0. The lowest BCUT2D eigenvalue weighted by atomic mass is 9.58. The summed E-state index contributed by atoms with van der Waals surface area (Å²) in [6, 6.07) is 75.9. The fourth-order valence-corrected chi connectivity index (χ4v) is 14.0. The fraction of sp³-hybridized carbons (Fsp3) is 0.377. The predicted molar refractivity (Wildman–Crippen MR) is 337 cm³/mol. The molecule has 2 saturated heterocycles. The third-order valence-electron chi connectivity index (χ3n) is 19.0. The van der Waals surface area contributed by atoms with Gasteiger partial charge in [0.2, 0.25) is 0 Å². The summed E-state index contributed by atoms with van der Waals surface area (Å²) in [7, 11) is 0. The van der Waals surface area contributed by atoms with Crippen LogP contribution in [0.1, 0.15) is 136 Å². The molecule has 12 rings (SSSR count). The van der Waals surface area contributed by atoms with Gasteiger partial charge in [0, 0.05) is 10.8 Å². The summed E-state index contributed by atoms with van der Waals surface area (Å²) in [5.41, 5.74) is 12.7. The van der Waals surface area contributed by atoms with E-state index in [1.54, 1.807) is 0 Å². The Labute approximate surface area is 499 Å². The van der Waals surface area contributed by atoms with Gasteiger partial charge < -0.3 is 33.5 Å². The predicted octanol–water partition coefficient (Wildman–Crippen LogP) is 17.0. The van der Waals surface area contributed by atoms with Crippen LogP contribution in [0.2, 0.25) is 0 Å². The van der Waals surface area contributed by atoms with E-state index in [2.05, 4.69) is 234 Å². The second-order valence-electron chi connectivity index (χ2n) is 25.2. The molecule has 0 spiro atoms. The van der Waals surface area contributed by atoms with Gasteiger partial charge in [-0.1, -0.05) is 221 Å². The first-order chi connectivity index (χ1) is 41.0. The maximum atomic E-state index is 11.6. The van der Waals surface area contributed by atoms with Crippen LogP contribution >= 0.6 is 0 Å². The van der Waals surface area contributed by atoms with Gasteiger partial charge in [-0.05, 0) is 156 Å². The van der Waals surface area contributed by atoms with Crippen LogP contribution in [0, 0.1) is 11.8 Å². The number of hydrogen-bond donors (Lipinski definition) is 1. The molecule has 7 nitrogen and oxygen atoms in total. The summed E-state index contributed by atoms with van der Waals surface area (Å²) in [6.45, 7) is 11.4. The Morgan fingerprint density at radius 2 is 0.690 bits per heavy atom. The van der Waals surface area contributed by atoms with E-state index >= 15 is 0 Å². The van der Waals surface area contributed by atoms with Crippen molar-refractivity contribution < 1.29 is 33.5 Å². The highest BCUT2D eigenvalue weighted by molar-refractivity contribution is 5.67. The molecule has 84 heavy (non-hydrogen) atoms. The van der Waals surface area contributed by atoms with Crippen molar-refractivity contribution in [3.8, 4) is 33.8 Å². The first-order valence-corrected chi connectivity index (χ1v) is 31.2. The van der Waals surface area contributed by atoms with Gasteiger partial charge in [-0.15, -0.1) is 0 Å². The van der Waals surface area contributed by atoms with Crippen LogP contribution in [0.3, 0.4) is 0 Å². The first kappa shape index (κ1) is 57.6.